The third-order valence-corrected chi connectivity index (χ3v) is 5.17. The summed E-state index contributed by atoms with van der Waals surface area (Å²) in [5, 5.41) is 22.0. The fourth-order valence-electron chi connectivity index (χ4n) is 3.53. The molecule has 146 valence electrons. The summed E-state index contributed by atoms with van der Waals surface area (Å²) in [5.41, 5.74) is 2.25. The van der Waals surface area contributed by atoms with E-state index in [4.69, 9.17) is 4.42 Å². The van der Waals surface area contributed by atoms with Crippen LogP contribution in [-0.2, 0) is 0 Å². The zero-order chi connectivity index (χ0) is 19.7. The van der Waals surface area contributed by atoms with Gasteiger partial charge in [-0.25, -0.2) is 4.79 Å². The molecule has 1 aliphatic rings. The van der Waals surface area contributed by atoms with Gasteiger partial charge in [0.15, 0.2) is 17.1 Å². The van der Waals surface area contributed by atoms with E-state index in [1.165, 1.54) is 6.07 Å². The second kappa shape index (κ2) is 7.30. The minimum absolute atomic E-state index is 0.123. The molecule has 8 nitrogen and oxygen atoms in total. The number of phenolic OH excluding ortho intramolecular Hbond substituents is 2. The number of aromatic amines is 1. The number of fused-ring (bicyclic) bond motifs is 1. The molecule has 0 bridgehead atoms. The summed E-state index contributed by atoms with van der Waals surface area (Å²) in [6.07, 6.45) is 1.82. The predicted octanol–water partition coefficient (Wildman–Crippen LogP) is 2.18. The first kappa shape index (κ1) is 18.0. The molecule has 4 N–H and O–H groups in total. The molecular formula is C20H21N3O5. The average molecular weight is 383 g/mol. The fourth-order valence-corrected chi connectivity index (χ4v) is 3.53. The SMILES string of the molecule is O=C(NCC1CCN(c2ccc(O)c(O)c2)CC1)c1ccc2[nH]c(=O)oc2c1. The van der Waals surface area contributed by atoms with Crippen LogP contribution in [-0.4, -0.2) is 40.7 Å². The van der Waals surface area contributed by atoms with Crippen LogP contribution >= 0.6 is 0 Å². The Morgan fingerprint density at radius 1 is 1.14 bits per heavy atom. The number of piperidine rings is 1. The lowest BCUT2D eigenvalue weighted by Crippen LogP contribution is -2.38. The molecule has 1 aliphatic heterocycles. The number of H-pyrrole nitrogens is 1. The van der Waals surface area contributed by atoms with Crippen LogP contribution in [0.25, 0.3) is 11.1 Å². The number of nitrogens with one attached hydrogen (secondary N) is 2. The molecule has 1 amide bonds. The Hall–Kier alpha value is -3.42. The minimum atomic E-state index is -0.540. The second-order valence-corrected chi connectivity index (χ2v) is 7.04. The van der Waals surface area contributed by atoms with Crippen molar-refractivity contribution in [3.63, 3.8) is 0 Å². The Morgan fingerprint density at radius 2 is 1.93 bits per heavy atom. The van der Waals surface area contributed by atoms with Crippen molar-refractivity contribution in [2.45, 2.75) is 12.8 Å². The van der Waals surface area contributed by atoms with E-state index in [-0.39, 0.29) is 17.4 Å². The quantitative estimate of drug-likeness (QED) is 0.513. The Bertz CT molecular complexity index is 1060. The number of hydrogen-bond acceptors (Lipinski definition) is 6. The zero-order valence-electron chi connectivity index (χ0n) is 15.1. The smallest absolute Gasteiger partial charge is 0.417 e. The second-order valence-electron chi connectivity index (χ2n) is 7.04. The fraction of sp³-hybridized carbons (Fsp3) is 0.300. The van der Waals surface area contributed by atoms with Crippen LogP contribution in [0, 0.1) is 5.92 Å². The Balaban J connectivity index is 1.31. The van der Waals surface area contributed by atoms with Crippen molar-refractivity contribution in [1.82, 2.24) is 10.3 Å². The molecule has 1 saturated heterocycles. The van der Waals surface area contributed by atoms with Crippen molar-refractivity contribution >= 4 is 22.7 Å². The molecule has 2 aromatic carbocycles. The number of phenols is 2. The number of benzene rings is 2. The Morgan fingerprint density at radius 3 is 2.68 bits per heavy atom. The van der Waals surface area contributed by atoms with Gasteiger partial charge in [0.05, 0.1) is 5.52 Å². The van der Waals surface area contributed by atoms with E-state index in [1.54, 1.807) is 30.3 Å². The third-order valence-electron chi connectivity index (χ3n) is 5.17. The van der Waals surface area contributed by atoms with E-state index >= 15 is 0 Å². The average Bonchev–Trinajstić information content (AvgIpc) is 3.08. The summed E-state index contributed by atoms with van der Waals surface area (Å²) < 4.78 is 4.99. The Kier molecular flexibility index (Phi) is 4.68. The van der Waals surface area contributed by atoms with E-state index in [9.17, 15) is 19.8 Å². The lowest BCUT2D eigenvalue weighted by Gasteiger charge is -2.33. The third kappa shape index (κ3) is 3.66. The molecule has 0 spiro atoms. The molecule has 3 aromatic rings. The van der Waals surface area contributed by atoms with Crippen molar-refractivity contribution in [3.8, 4) is 11.5 Å². The van der Waals surface area contributed by atoms with Crippen LogP contribution in [0.1, 0.15) is 23.2 Å². The van der Waals surface area contributed by atoms with Crippen molar-refractivity contribution < 1.29 is 19.4 Å². The minimum Gasteiger partial charge on any atom is -0.504 e. The van der Waals surface area contributed by atoms with E-state index in [2.05, 4.69) is 15.2 Å². The van der Waals surface area contributed by atoms with Gasteiger partial charge in [0, 0.05) is 37.0 Å². The number of carbonyl (C=O) groups excluding carboxylic acids is 1. The van der Waals surface area contributed by atoms with Crippen LogP contribution in [0.3, 0.4) is 0 Å². The molecule has 0 unspecified atom stereocenters. The molecule has 0 aliphatic carbocycles. The molecule has 0 saturated carbocycles. The zero-order valence-corrected chi connectivity index (χ0v) is 15.1. The molecule has 28 heavy (non-hydrogen) atoms. The maximum absolute atomic E-state index is 12.4. The monoisotopic (exact) mass is 383 g/mol. The van der Waals surface area contributed by atoms with Gasteiger partial charge >= 0.3 is 5.76 Å². The van der Waals surface area contributed by atoms with Gasteiger partial charge in [0.2, 0.25) is 0 Å². The van der Waals surface area contributed by atoms with E-state index < -0.39 is 5.76 Å². The summed E-state index contributed by atoms with van der Waals surface area (Å²) in [4.78, 5) is 28.3. The molecule has 8 heteroatoms. The number of hydrogen-bond donors (Lipinski definition) is 4. The van der Waals surface area contributed by atoms with Gasteiger partial charge in [0.25, 0.3) is 5.91 Å². The van der Waals surface area contributed by atoms with Gasteiger partial charge in [-0.2, -0.15) is 0 Å². The first-order chi connectivity index (χ1) is 13.5. The van der Waals surface area contributed by atoms with E-state index in [0.29, 0.717) is 29.1 Å². The van der Waals surface area contributed by atoms with Crippen LogP contribution in [0.4, 0.5) is 5.69 Å². The van der Waals surface area contributed by atoms with E-state index in [1.807, 2.05) is 0 Å². The summed E-state index contributed by atoms with van der Waals surface area (Å²) >= 11 is 0. The molecule has 0 atom stereocenters. The van der Waals surface area contributed by atoms with Crippen LogP contribution < -0.4 is 16.0 Å². The number of anilines is 1. The summed E-state index contributed by atoms with van der Waals surface area (Å²) in [6.45, 7) is 2.19. The molecule has 0 radical (unpaired) electrons. The van der Waals surface area contributed by atoms with E-state index in [0.717, 1.165) is 31.6 Å². The lowest BCUT2D eigenvalue weighted by atomic mass is 9.96. The number of oxazole rings is 1. The van der Waals surface area contributed by atoms with Gasteiger partial charge in [-0.15, -0.1) is 0 Å². The van der Waals surface area contributed by atoms with Crippen molar-refractivity contribution in [1.29, 1.82) is 0 Å². The highest BCUT2D eigenvalue weighted by molar-refractivity contribution is 5.96. The van der Waals surface area contributed by atoms with Gasteiger partial charge in [-0.1, -0.05) is 0 Å². The van der Waals surface area contributed by atoms with Gasteiger partial charge in [0.1, 0.15) is 0 Å². The highest BCUT2D eigenvalue weighted by Gasteiger charge is 2.21. The Labute approximate surface area is 160 Å². The van der Waals surface area contributed by atoms with Gasteiger partial charge in [-0.3, -0.25) is 9.78 Å². The summed E-state index contributed by atoms with van der Waals surface area (Å²) in [6, 6.07) is 9.70. The van der Waals surface area contributed by atoms with Crippen LogP contribution in [0.2, 0.25) is 0 Å². The number of nitrogens with zero attached hydrogens (tertiary/aromatic N) is 1. The summed E-state index contributed by atoms with van der Waals surface area (Å²) in [5.74, 6) is -0.627. The molecule has 4 rings (SSSR count). The topological polar surface area (TPSA) is 119 Å². The highest BCUT2D eigenvalue weighted by atomic mass is 16.4. The normalized spacial score (nSPS) is 15.1. The predicted molar refractivity (Wildman–Crippen MR) is 104 cm³/mol. The lowest BCUT2D eigenvalue weighted by molar-refractivity contribution is 0.0945. The van der Waals surface area contributed by atoms with Crippen molar-refractivity contribution in [2.75, 3.05) is 24.5 Å². The number of aromatic hydroxyl groups is 2. The van der Waals surface area contributed by atoms with Crippen LogP contribution in [0.5, 0.6) is 11.5 Å². The largest absolute Gasteiger partial charge is 0.504 e. The number of aromatic nitrogens is 1. The molecular weight excluding hydrogens is 362 g/mol. The number of rotatable bonds is 4. The summed E-state index contributed by atoms with van der Waals surface area (Å²) in [7, 11) is 0. The number of carbonyl (C=O) groups is 1. The van der Waals surface area contributed by atoms with Crippen molar-refractivity contribution in [2.24, 2.45) is 5.92 Å². The molecule has 1 fully saturated rings. The first-order valence-electron chi connectivity index (χ1n) is 9.17. The maximum atomic E-state index is 12.4. The highest BCUT2D eigenvalue weighted by Crippen LogP contribution is 2.31. The van der Waals surface area contributed by atoms with Crippen LogP contribution in [0.15, 0.2) is 45.6 Å². The van der Waals surface area contributed by atoms with Gasteiger partial charge < -0.3 is 24.8 Å². The standard InChI is InChI=1S/C20H21N3O5/c24-16-4-2-14(10-17(16)25)23-7-5-12(6-8-23)11-21-19(26)13-1-3-15-18(9-13)28-20(27)22-15/h1-4,9-10,12,24-25H,5-8,11H2,(H,21,26)(H,22,27). The maximum Gasteiger partial charge on any atom is 0.417 e. The molecule has 1 aromatic heterocycles. The van der Waals surface area contributed by atoms with Crippen molar-refractivity contribution in [3.05, 3.63) is 52.5 Å². The number of amides is 1. The van der Waals surface area contributed by atoms with Gasteiger partial charge in [-0.05, 0) is 49.1 Å². The molecule has 2 heterocycles. The first-order valence-corrected chi connectivity index (χ1v) is 9.17.